The third-order valence-electron chi connectivity index (χ3n) is 4.95. The van der Waals surface area contributed by atoms with E-state index in [-0.39, 0.29) is 17.2 Å². The molecular weight excluding hydrogens is 552 g/mol. The molecule has 3 nitrogen and oxygen atoms in total. The topological polar surface area (TPSA) is 60.7 Å². The maximum Gasteiger partial charge on any atom is 0.129 e. The van der Waals surface area contributed by atoms with Gasteiger partial charge in [0.15, 0.2) is 0 Å². The van der Waals surface area contributed by atoms with E-state index in [1.54, 1.807) is 18.2 Å². The minimum atomic E-state index is -0.544. The van der Waals surface area contributed by atoms with E-state index >= 15 is 0 Å². The number of halogens is 3. The van der Waals surface area contributed by atoms with E-state index in [4.69, 9.17) is 0 Å². The van der Waals surface area contributed by atoms with Crippen LogP contribution < -0.4 is 0 Å². The number of hydrogen-bond acceptors (Lipinski definition) is 3. The minimum absolute atomic E-state index is 0.174. The molecule has 146 valence electrons. The Bertz CT molecular complexity index is 893. The molecule has 3 rings (SSSR count). The van der Waals surface area contributed by atoms with Crippen LogP contribution in [0.25, 0.3) is 0 Å². The first-order chi connectivity index (χ1) is 13.3. The molecule has 0 heterocycles. The van der Waals surface area contributed by atoms with Gasteiger partial charge in [0.05, 0.1) is 13.4 Å². The van der Waals surface area contributed by atoms with Crippen LogP contribution in [0.15, 0.2) is 68.0 Å². The molecule has 0 aromatic heterocycles. The summed E-state index contributed by atoms with van der Waals surface area (Å²) in [4.78, 5) is 0. The Morgan fingerprint density at radius 1 is 0.643 bits per heavy atom. The summed E-state index contributed by atoms with van der Waals surface area (Å²) in [6.07, 6.45) is 1.69. The Labute approximate surface area is 189 Å². The molecule has 3 aromatic rings. The summed E-state index contributed by atoms with van der Waals surface area (Å²) in [7, 11) is 0. The number of phenols is 3. The lowest BCUT2D eigenvalue weighted by Crippen LogP contribution is -2.29. The molecule has 0 amide bonds. The Morgan fingerprint density at radius 2 is 0.964 bits per heavy atom. The summed E-state index contributed by atoms with van der Waals surface area (Å²) in [5, 5.41) is 30.0. The van der Waals surface area contributed by atoms with Gasteiger partial charge in [-0.25, -0.2) is 0 Å². The van der Waals surface area contributed by atoms with Gasteiger partial charge < -0.3 is 15.3 Å². The highest BCUT2D eigenvalue weighted by atomic mass is 79.9. The van der Waals surface area contributed by atoms with Crippen molar-refractivity contribution in [2.24, 2.45) is 0 Å². The molecule has 28 heavy (non-hydrogen) atoms. The summed E-state index contributed by atoms with van der Waals surface area (Å²) >= 11 is 10.3. The van der Waals surface area contributed by atoms with E-state index in [1.165, 1.54) is 0 Å². The molecule has 0 fully saturated rings. The third kappa shape index (κ3) is 3.82. The molecule has 0 saturated heterocycles. The highest BCUT2D eigenvalue weighted by molar-refractivity contribution is 9.11. The predicted molar refractivity (Wildman–Crippen MR) is 122 cm³/mol. The second kappa shape index (κ2) is 8.47. The first-order valence-electron chi connectivity index (χ1n) is 8.76. The van der Waals surface area contributed by atoms with E-state index in [9.17, 15) is 15.3 Å². The minimum Gasteiger partial charge on any atom is -0.507 e. The van der Waals surface area contributed by atoms with Crippen molar-refractivity contribution in [1.29, 1.82) is 0 Å². The van der Waals surface area contributed by atoms with Crippen LogP contribution in [0.1, 0.15) is 36.5 Å². The first-order valence-corrected chi connectivity index (χ1v) is 11.1. The SMILES string of the molecule is CCCC(c1ccc(O)c(Br)c1)(c1ccc(O)c(Br)c1)c1ccc(O)c(Br)c1. The van der Waals surface area contributed by atoms with Crippen molar-refractivity contribution in [2.75, 3.05) is 0 Å². The molecular formula is C22H19Br3O3. The molecule has 0 atom stereocenters. The van der Waals surface area contributed by atoms with Crippen LogP contribution in [0.3, 0.4) is 0 Å². The van der Waals surface area contributed by atoms with Gasteiger partial charge in [-0.3, -0.25) is 0 Å². The molecule has 0 bridgehead atoms. The van der Waals surface area contributed by atoms with E-state index in [1.807, 2.05) is 36.4 Å². The molecule has 3 aromatic carbocycles. The Kier molecular flexibility index (Phi) is 6.42. The van der Waals surface area contributed by atoms with E-state index in [0.717, 1.165) is 29.5 Å². The van der Waals surface area contributed by atoms with Gasteiger partial charge in [-0.05, 0) is 107 Å². The lowest BCUT2D eigenvalue weighted by atomic mass is 9.67. The smallest absolute Gasteiger partial charge is 0.129 e. The average molecular weight is 571 g/mol. The van der Waals surface area contributed by atoms with Gasteiger partial charge in [-0.15, -0.1) is 0 Å². The molecule has 0 aliphatic carbocycles. The van der Waals surface area contributed by atoms with Gasteiger partial charge in [-0.1, -0.05) is 31.5 Å². The fourth-order valence-corrected chi connectivity index (χ4v) is 4.76. The maximum atomic E-state index is 10.0. The van der Waals surface area contributed by atoms with Crippen molar-refractivity contribution in [3.63, 3.8) is 0 Å². The molecule has 0 spiro atoms. The predicted octanol–water partition coefficient (Wildman–Crippen LogP) is 7.23. The van der Waals surface area contributed by atoms with E-state index in [2.05, 4.69) is 54.7 Å². The Morgan fingerprint density at radius 3 is 1.21 bits per heavy atom. The lowest BCUT2D eigenvalue weighted by molar-refractivity contribution is 0.467. The zero-order valence-corrected chi connectivity index (χ0v) is 19.8. The van der Waals surface area contributed by atoms with Crippen molar-refractivity contribution in [2.45, 2.75) is 25.2 Å². The quantitative estimate of drug-likeness (QED) is 0.284. The summed E-state index contributed by atoms with van der Waals surface area (Å²) in [5.74, 6) is 0.522. The number of aromatic hydroxyl groups is 3. The zero-order valence-electron chi connectivity index (χ0n) is 15.1. The number of phenolic OH excluding ortho intramolecular Hbond substituents is 3. The number of rotatable bonds is 5. The van der Waals surface area contributed by atoms with Crippen LogP contribution in [-0.4, -0.2) is 15.3 Å². The van der Waals surface area contributed by atoms with Crippen molar-refractivity contribution >= 4 is 47.8 Å². The highest BCUT2D eigenvalue weighted by Gasteiger charge is 2.36. The number of benzene rings is 3. The first kappa shape index (κ1) is 21.2. The van der Waals surface area contributed by atoms with Crippen LogP contribution >= 0.6 is 47.8 Å². The summed E-state index contributed by atoms with van der Waals surface area (Å²) in [6, 6.07) is 16.5. The third-order valence-corrected chi connectivity index (χ3v) is 6.85. The van der Waals surface area contributed by atoms with Crippen LogP contribution in [0.5, 0.6) is 17.2 Å². The number of hydrogen-bond donors (Lipinski definition) is 3. The second-order valence-electron chi connectivity index (χ2n) is 6.65. The molecule has 3 N–H and O–H groups in total. The summed E-state index contributed by atoms with van der Waals surface area (Å²) in [6.45, 7) is 2.12. The van der Waals surface area contributed by atoms with Crippen molar-refractivity contribution in [1.82, 2.24) is 0 Å². The second-order valence-corrected chi connectivity index (χ2v) is 9.22. The van der Waals surface area contributed by atoms with E-state index in [0.29, 0.717) is 13.4 Å². The largest absolute Gasteiger partial charge is 0.507 e. The molecule has 0 unspecified atom stereocenters. The average Bonchev–Trinajstić information content (AvgIpc) is 2.67. The van der Waals surface area contributed by atoms with Crippen LogP contribution in [0, 0.1) is 0 Å². The molecule has 0 saturated carbocycles. The van der Waals surface area contributed by atoms with Crippen molar-refractivity contribution in [3.8, 4) is 17.2 Å². The van der Waals surface area contributed by atoms with Crippen molar-refractivity contribution < 1.29 is 15.3 Å². The van der Waals surface area contributed by atoms with E-state index < -0.39 is 5.41 Å². The van der Waals surface area contributed by atoms with Crippen molar-refractivity contribution in [3.05, 3.63) is 84.7 Å². The van der Waals surface area contributed by atoms with Crippen LogP contribution in [-0.2, 0) is 5.41 Å². The van der Waals surface area contributed by atoms with Gasteiger partial charge in [0, 0.05) is 5.41 Å². The highest BCUT2D eigenvalue weighted by Crippen LogP contribution is 2.47. The van der Waals surface area contributed by atoms with Crippen LogP contribution in [0.2, 0.25) is 0 Å². The standard InChI is InChI=1S/C22H19Br3O3/c1-2-9-22(13-3-6-19(26)16(23)10-13,14-4-7-20(27)17(24)11-14)15-5-8-21(28)18(25)12-15/h3-8,10-12,26-28H,2,9H2,1H3. The normalized spacial score (nSPS) is 11.6. The molecule has 0 aliphatic rings. The Balaban J connectivity index is 2.39. The van der Waals surface area contributed by atoms with Gasteiger partial charge in [0.1, 0.15) is 17.2 Å². The maximum absolute atomic E-state index is 10.0. The summed E-state index contributed by atoms with van der Waals surface area (Å²) < 4.78 is 1.84. The van der Waals surface area contributed by atoms with Gasteiger partial charge in [0.25, 0.3) is 0 Å². The zero-order chi connectivity index (χ0) is 20.5. The Hall–Kier alpha value is -1.50. The molecule has 0 radical (unpaired) electrons. The van der Waals surface area contributed by atoms with Gasteiger partial charge in [0.2, 0.25) is 0 Å². The van der Waals surface area contributed by atoms with Gasteiger partial charge >= 0.3 is 0 Å². The van der Waals surface area contributed by atoms with Gasteiger partial charge in [-0.2, -0.15) is 0 Å². The summed E-state index contributed by atoms with van der Waals surface area (Å²) in [5.41, 5.74) is 2.44. The lowest BCUT2D eigenvalue weighted by Gasteiger charge is -2.36. The fourth-order valence-electron chi connectivity index (χ4n) is 3.63. The monoisotopic (exact) mass is 568 g/mol. The molecule has 0 aliphatic heterocycles. The molecule has 6 heteroatoms. The van der Waals surface area contributed by atoms with Crippen LogP contribution in [0.4, 0.5) is 0 Å². The fraction of sp³-hybridized carbons (Fsp3) is 0.182.